The van der Waals surface area contributed by atoms with E-state index in [4.69, 9.17) is 21.4 Å². The third-order valence-corrected chi connectivity index (χ3v) is 4.66. The van der Waals surface area contributed by atoms with Crippen molar-refractivity contribution in [2.45, 2.75) is 0 Å². The topological polar surface area (TPSA) is 98.2 Å². The molecule has 3 rings (SSSR count). The Hall–Kier alpha value is -2.72. The molecule has 0 aliphatic carbocycles. The molecule has 1 fully saturated rings. The first-order chi connectivity index (χ1) is 12.0. The van der Waals surface area contributed by atoms with E-state index in [-0.39, 0.29) is 17.3 Å². The maximum absolute atomic E-state index is 11.6. The van der Waals surface area contributed by atoms with Crippen LogP contribution in [0.2, 0.25) is 0 Å². The lowest BCUT2D eigenvalue weighted by atomic mass is 10.1. The summed E-state index contributed by atoms with van der Waals surface area (Å²) in [4.78, 5) is 22.4. The number of hydrazone groups is 1. The summed E-state index contributed by atoms with van der Waals surface area (Å²) in [5.74, 6) is 1.08. The van der Waals surface area contributed by atoms with Crippen LogP contribution in [-0.4, -0.2) is 39.2 Å². The number of hydrogen-bond acceptors (Lipinski definition) is 8. The number of furan rings is 1. The van der Waals surface area contributed by atoms with E-state index in [9.17, 15) is 14.9 Å². The van der Waals surface area contributed by atoms with E-state index in [1.54, 1.807) is 24.3 Å². The van der Waals surface area contributed by atoms with Gasteiger partial charge in [0.25, 0.3) is 11.6 Å². The minimum absolute atomic E-state index is 0.135. The molecule has 128 valence electrons. The average Bonchev–Trinajstić information content (AvgIpc) is 3.19. The Labute approximate surface area is 151 Å². The van der Waals surface area contributed by atoms with Gasteiger partial charge in [0.1, 0.15) is 17.3 Å². The van der Waals surface area contributed by atoms with Crippen molar-refractivity contribution in [1.29, 1.82) is 0 Å². The number of carbonyl (C=O) groups excluding carboxylic acids is 1. The molecule has 0 unspecified atom stereocenters. The average molecular weight is 377 g/mol. The minimum atomic E-state index is -0.507. The van der Waals surface area contributed by atoms with Gasteiger partial charge in [0.15, 0.2) is 4.32 Å². The van der Waals surface area contributed by atoms with Gasteiger partial charge in [0, 0.05) is 0 Å². The van der Waals surface area contributed by atoms with Crippen LogP contribution in [0.4, 0.5) is 5.69 Å². The standard InChI is InChI=1S/C15H11N3O5S2/c1-22-9-2-4-11(12(6-9)18(20)21)13-5-3-10(23-13)7-16-17-14(19)8-25-15(17)24/h2-7H,8H2,1H3/b16-7+. The van der Waals surface area contributed by atoms with Crippen molar-refractivity contribution >= 4 is 46.1 Å². The second-order valence-corrected chi connectivity index (χ2v) is 6.46. The molecule has 0 atom stereocenters. The number of benzene rings is 1. The summed E-state index contributed by atoms with van der Waals surface area (Å²) in [6, 6.07) is 7.67. The number of nitro benzene ring substituents is 1. The van der Waals surface area contributed by atoms with Gasteiger partial charge in [-0.25, -0.2) is 0 Å². The van der Waals surface area contributed by atoms with Crippen molar-refractivity contribution in [3.8, 4) is 17.1 Å². The van der Waals surface area contributed by atoms with E-state index in [1.807, 2.05) is 0 Å². The fourth-order valence-electron chi connectivity index (χ4n) is 2.14. The molecule has 10 heteroatoms. The molecule has 0 saturated carbocycles. The molecule has 0 N–H and O–H groups in total. The highest BCUT2D eigenvalue weighted by Gasteiger charge is 2.26. The molecule has 1 aromatic heterocycles. The van der Waals surface area contributed by atoms with Gasteiger partial charge in [-0.05, 0) is 24.3 Å². The molecule has 1 aliphatic rings. The molecular weight excluding hydrogens is 366 g/mol. The number of hydrogen-bond donors (Lipinski definition) is 0. The van der Waals surface area contributed by atoms with Gasteiger partial charge in [-0.2, -0.15) is 10.1 Å². The summed E-state index contributed by atoms with van der Waals surface area (Å²) >= 11 is 6.26. The highest BCUT2D eigenvalue weighted by Crippen LogP contribution is 2.34. The van der Waals surface area contributed by atoms with Crippen molar-refractivity contribution in [3.63, 3.8) is 0 Å². The monoisotopic (exact) mass is 377 g/mol. The van der Waals surface area contributed by atoms with Crippen LogP contribution in [-0.2, 0) is 4.79 Å². The van der Waals surface area contributed by atoms with Crippen LogP contribution in [0.1, 0.15) is 5.76 Å². The van der Waals surface area contributed by atoms with Crippen LogP contribution in [0.25, 0.3) is 11.3 Å². The lowest BCUT2D eigenvalue weighted by molar-refractivity contribution is -0.384. The quantitative estimate of drug-likeness (QED) is 0.342. The number of amides is 1. The van der Waals surface area contributed by atoms with Crippen LogP contribution in [0, 0.1) is 10.1 Å². The van der Waals surface area contributed by atoms with Gasteiger partial charge in [-0.1, -0.05) is 24.0 Å². The zero-order valence-electron chi connectivity index (χ0n) is 12.9. The lowest BCUT2D eigenvalue weighted by Gasteiger charge is -2.05. The van der Waals surface area contributed by atoms with Gasteiger partial charge in [-0.3, -0.25) is 14.9 Å². The van der Waals surface area contributed by atoms with Crippen molar-refractivity contribution in [1.82, 2.24) is 5.01 Å². The molecule has 1 saturated heterocycles. The first-order valence-corrected chi connectivity index (χ1v) is 8.35. The van der Waals surface area contributed by atoms with Gasteiger partial charge in [0.05, 0.1) is 35.6 Å². The summed E-state index contributed by atoms with van der Waals surface area (Å²) in [5.41, 5.74) is 0.179. The van der Waals surface area contributed by atoms with Crippen LogP contribution in [0.3, 0.4) is 0 Å². The van der Waals surface area contributed by atoms with Crippen molar-refractivity contribution in [2.75, 3.05) is 12.9 Å². The minimum Gasteiger partial charge on any atom is -0.497 e. The molecule has 0 radical (unpaired) electrons. The second kappa shape index (κ2) is 7.03. The summed E-state index contributed by atoms with van der Waals surface area (Å²) in [6.45, 7) is 0. The molecular formula is C15H11N3O5S2. The van der Waals surface area contributed by atoms with E-state index in [2.05, 4.69) is 5.10 Å². The fraction of sp³-hybridized carbons (Fsp3) is 0.133. The van der Waals surface area contributed by atoms with E-state index < -0.39 is 4.92 Å². The van der Waals surface area contributed by atoms with Crippen LogP contribution >= 0.6 is 24.0 Å². The van der Waals surface area contributed by atoms with Crippen molar-refractivity contribution < 1.29 is 18.9 Å². The molecule has 25 heavy (non-hydrogen) atoms. The molecule has 1 aliphatic heterocycles. The molecule has 1 aromatic carbocycles. The Morgan fingerprint density at radius 3 is 2.88 bits per heavy atom. The first-order valence-electron chi connectivity index (χ1n) is 6.96. The Kier molecular flexibility index (Phi) is 4.81. The third kappa shape index (κ3) is 3.54. The fourth-order valence-corrected chi connectivity index (χ4v) is 3.10. The summed E-state index contributed by atoms with van der Waals surface area (Å²) in [5, 5.41) is 16.4. The van der Waals surface area contributed by atoms with E-state index in [1.165, 1.54) is 31.2 Å². The first kappa shape index (κ1) is 17.1. The molecule has 1 amide bonds. The molecule has 8 nitrogen and oxygen atoms in total. The Balaban J connectivity index is 1.88. The van der Waals surface area contributed by atoms with E-state index in [0.717, 1.165) is 5.01 Å². The summed E-state index contributed by atoms with van der Waals surface area (Å²) in [7, 11) is 1.43. The predicted molar refractivity (Wildman–Crippen MR) is 96.8 cm³/mol. The number of ether oxygens (including phenoxy) is 1. The van der Waals surface area contributed by atoms with Gasteiger partial charge < -0.3 is 9.15 Å². The van der Waals surface area contributed by atoms with Crippen LogP contribution < -0.4 is 4.74 Å². The SMILES string of the molecule is COc1ccc(-c2ccc(/C=N/N3C(=O)CSC3=S)o2)c([N+](=O)[O-])c1. The largest absolute Gasteiger partial charge is 0.497 e. The number of carbonyl (C=O) groups is 1. The van der Waals surface area contributed by atoms with Crippen molar-refractivity contribution in [2.24, 2.45) is 5.10 Å². The normalized spacial score (nSPS) is 14.5. The van der Waals surface area contributed by atoms with E-state index >= 15 is 0 Å². The molecule has 0 spiro atoms. The molecule has 2 aromatic rings. The predicted octanol–water partition coefficient (Wildman–Crippen LogP) is 3.06. The van der Waals surface area contributed by atoms with Crippen molar-refractivity contribution in [3.05, 3.63) is 46.2 Å². The second-order valence-electron chi connectivity index (χ2n) is 4.85. The smallest absolute Gasteiger partial charge is 0.284 e. The van der Waals surface area contributed by atoms with E-state index in [0.29, 0.717) is 27.2 Å². The number of thioether (sulfide) groups is 1. The van der Waals surface area contributed by atoms with Gasteiger partial charge in [-0.15, -0.1) is 0 Å². The zero-order valence-corrected chi connectivity index (χ0v) is 14.5. The lowest BCUT2D eigenvalue weighted by Crippen LogP contribution is -2.22. The Morgan fingerprint density at radius 1 is 1.44 bits per heavy atom. The zero-order chi connectivity index (χ0) is 18.0. The molecule has 0 bridgehead atoms. The van der Waals surface area contributed by atoms with Crippen LogP contribution in [0.5, 0.6) is 5.75 Å². The van der Waals surface area contributed by atoms with Gasteiger partial charge >= 0.3 is 0 Å². The van der Waals surface area contributed by atoms with Crippen LogP contribution in [0.15, 0.2) is 39.9 Å². The Bertz CT molecular complexity index is 877. The summed E-state index contributed by atoms with van der Waals surface area (Å²) < 4.78 is 11.0. The Morgan fingerprint density at radius 2 is 2.24 bits per heavy atom. The number of methoxy groups -OCH3 is 1. The highest BCUT2D eigenvalue weighted by atomic mass is 32.2. The number of thiocarbonyl (C=S) groups is 1. The number of nitrogens with zero attached hydrogens (tertiary/aromatic N) is 3. The number of nitro groups is 1. The summed E-state index contributed by atoms with van der Waals surface area (Å²) in [6.07, 6.45) is 1.34. The van der Waals surface area contributed by atoms with Gasteiger partial charge in [0.2, 0.25) is 0 Å². The number of rotatable bonds is 5. The molecule has 2 heterocycles. The third-order valence-electron chi connectivity index (χ3n) is 3.32. The maximum Gasteiger partial charge on any atom is 0.284 e. The highest BCUT2D eigenvalue weighted by molar-refractivity contribution is 8.23. The maximum atomic E-state index is 11.6.